The number of carboxylic acids is 1. The van der Waals surface area contributed by atoms with E-state index in [1.807, 2.05) is 4.90 Å². The summed E-state index contributed by atoms with van der Waals surface area (Å²) < 4.78 is 14.1. The third kappa shape index (κ3) is 3.18. The second-order valence-corrected chi connectivity index (χ2v) is 5.59. The minimum absolute atomic E-state index is 0.290. The highest BCUT2D eigenvalue weighted by Gasteiger charge is 2.27. The van der Waals surface area contributed by atoms with Crippen LogP contribution >= 0.6 is 0 Å². The number of halogens is 1. The Hall–Kier alpha value is -1.84. The normalized spacial score (nSPS) is 19.2. The molecule has 1 heterocycles. The van der Waals surface area contributed by atoms with Crippen molar-refractivity contribution in [1.82, 2.24) is 0 Å². The second kappa shape index (κ2) is 6.07. The first-order chi connectivity index (χ1) is 9.49. The molecule has 0 amide bonds. The third-order valence-electron chi connectivity index (χ3n) is 3.91. The summed E-state index contributed by atoms with van der Waals surface area (Å²) in [6.07, 6.45) is 3.56. The molecule has 4 heteroatoms. The van der Waals surface area contributed by atoms with Crippen molar-refractivity contribution in [3.8, 4) is 0 Å². The number of hydrogen-bond donors (Lipinski definition) is 1. The van der Waals surface area contributed by atoms with Crippen molar-refractivity contribution in [2.45, 2.75) is 20.3 Å². The van der Waals surface area contributed by atoms with Crippen molar-refractivity contribution in [2.75, 3.05) is 18.0 Å². The number of carboxylic acid groups (broad SMARTS) is 1. The van der Waals surface area contributed by atoms with Crippen LogP contribution in [0.3, 0.4) is 0 Å². The van der Waals surface area contributed by atoms with Gasteiger partial charge in [-0.2, -0.15) is 0 Å². The lowest BCUT2D eigenvalue weighted by molar-refractivity contribution is -0.131. The molecule has 2 rings (SSSR count). The van der Waals surface area contributed by atoms with Gasteiger partial charge >= 0.3 is 5.97 Å². The van der Waals surface area contributed by atoms with Gasteiger partial charge in [-0.05, 0) is 30.4 Å². The molecular weight excluding hydrogens is 257 g/mol. The first kappa shape index (κ1) is 14.6. The predicted octanol–water partition coefficient (Wildman–Crippen LogP) is 3.41. The fraction of sp³-hybridized carbons (Fsp3) is 0.438. The highest BCUT2D eigenvalue weighted by Crippen LogP contribution is 2.32. The highest BCUT2D eigenvalue weighted by molar-refractivity contribution is 5.87. The molecule has 1 N–H and O–H groups in total. The van der Waals surface area contributed by atoms with Crippen molar-refractivity contribution in [2.24, 2.45) is 11.8 Å². The Labute approximate surface area is 118 Å². The maximum atomic E-state index is 14.1. The van der Waals surface area contributed by atoms with E-state index in [0.717, 1.165) is 25.6 Å². The van der Waals surface area contributed by atoms with Gasteiger partial charge in [0, 0.05) is 24.7 Å². The molecule has 1 fully saturated rings. The van der Waals surface area contributed by atoms with E-state index in [2.05, 4.69) is 13.8 Å². The molecule has 0 radical (unpaired) electrons. The Morgan fingerprint density at radius 1 is 1.50 bits per heavy atom. The molecule has 0 bridgehead atoms. The van der Waals surface area contributed by atoms with Crippen LogP contribution in [-0.2, 0) is 4.79 Å². The molecule has 1 atom stereocenters. The van der Waals surface area contributed by atoms with Gasteiger partial charge in [0.1, 0.15) is 5.82 Å². The van der Waals surface area contributed by atoms with E-state index in [-0.39, 0.29) is 5.82 Å². The van der Waals surface area contributed by atoms with Crippen LogP contribution in [0.15, 0.2) is 24.3 Å². The standard InChI is InChI=1S/C16H20FNO2/c1-11(2)13-8-9-18(10-13)16-12(6-7-15(19)20)4-3-5-14(16)17/h3-7,11,13H,8-10H2,1-2H3,(H,19,20)/b7-6+. The first-order valence-corrected chi connectivity index (χ1v) is 6.93. The lowest BCUT2D eigenvalue weighted by Crippen LogP contribution is -2.23. The van der Waals surface area contributed by atoms with Gasteiger partial charge in [-0.1, -0.05) is 26.0 Å². The zero-order valence-electron chi connectivity index (χ0n) is 11.8. The van der Waals surface area contributed by atoms with Crippen LogP contribution in [0.2, 0.25) is 0 Å². The average Bonchev–Trinajstić information content (AvgIpc) is 2.85. The van der Waals surface area contributed by atoms with Crippen LogP contribution in [0.5, 0.6) is 0 Å². The molecule has 0 saturated carbocycles. The molecule has 0 spiro atoms. The van der Waals surface area contributed by atoms with Crippen LogP contribution in [0, 0.1) is 17.7 Å². The van der Waals surface area contributed by atoms with E-state index in [9.17, 15) is 9.18 Å². The summed E-state index contributed by atoms with van der Waals surface area (Å²) in [6, 6.07) is 4.78. The zero-order chi connectivity index (χ0) is 14.7. The summed E-state index contributed by atoms with van der Waals surface area (Å²) in [5.41, 5.74) is 1.14. The van der Waals surface area contributed by atoms with Crippen LogP contribution in [0.1, 0.15) is 25.8 Å². The Kier molecular flexibility index (Phi) is 4.42. The summed E-state index contributed by atoms with van der Waals surface area (Å²) >= 11 is 0. The smallest absolute Gasteiger partial charge is 0.328 e. The van der Waals surface area contributed by atoms with Crippen molar-refractivity contribution >= 4 is 17.7 Å². The summed E-state index contributed by atoms with van der Waals surface area (Å²) in [5.74, 6) is -0.181. The molecule has 1 aromatic rings. The number of para-hydroxylation sites is 1. The van der Waals surface area contributed by atoms with Gasteiger partial charge in [0.2, 0.25) is 0 Å². The van der Waals surface area contributed by atoms with Gasteiger partial charge in [-0.3, -0.25) is 0 Å². The molecular formula is C16H20FNO2. The average molecular weight is 277 g/mol. The topological polar surface area (TPSA) is 40.5 Å². The summed E-state index contributed by atoms with van der Waals surface area (Å²) in [7, 11) is 0. The predicted molar refractivity (Wildman–Crippen MR) is 78.2 cm³/mol. The highest BCUT2D eigenvalue weighted by atomic mass is 19.1. The first-order valence-electron chi connectivity index (χ1n) is 6.93. The summed E-state index contributed by atoms with van der Waals surface area (Å²) in [5, 5.41) is 8.72. The molecule has 20 heavy (non-hydrogen) atoms. The fourth-order valence-electron chi connectivity index (χ4n) is 2.70. The van der Waals surface area contributed by atoms with Gasteiger partial charge in [-0.15, -0.1) is 0 Å². The van der Waals surface area contributed by atoms with Gasteiger partial charge in [0.25, 0.3) is 0 Å². The fourth-order valence-corrected chi connectivity index (χ4v) is 2.70. The Balaban J connectivity index is 2.29. The monoisotopic (exact) mass is 277 g/mol. The zero-order valence-corrected chi connectivity index (χ0v) is 11.8. The van der Waals surface area contributed by atoms with Crippen LogP contribution in [0.4, 0.5) is 10.1 Å². The summed E-state index contributed by atoms with van der Waals surface area (Å²) in [4.78, 5) is 12.7. The van der Waals surface area contributed by atoms with Crippen LogP contribution in [-0.4, -0.2) is 24.2 Å². The Morgan fingerprint density at radius 3 is 2.85 bits per heavy atom. The van der Waals surface area contributed by atoms with E-state index in [1.54, 1.807) is 12.1 Å². The third-order valence-corrected chi connectivity index (χ3v) is 3.91. The minimum Gasteiger partial charge on any atom is -0.478 e. The maximum absolute atomic E-state index is 14.1. The molecule has 108 valence electrons. The SMILES string of the molecule is CC(C)C1CCN(c2c(F)cccc2/C=C/C(=O)O)C1. The molecule has 1 unspecified atom stereocenters. The van der Waals surface area contributed by atoms with E-state index in [4.69, 9.17) is 5.11 Å². The lowest BCUT2D eigenvalue weighted by Gasteiger charge is -2.22. The van der Waals surface area contributed by atoms with E-state index >= 15 is 0 Å². The molecule has 0 aliphatic carbocycles. The number of aliphatic carboxylic acids is 1. The Morgan fingerprint density at radius 2 is 2.25 bits per heavy atom. The number of benzene rings is 1. The van der Waals surface area contributed by atoms with E-state index in [1.165, 1.54) is 12.1 Å². The van der Waals surface area contributed by atoms with Crippen molar-refractivity contribution in [1.29, 1.82) is 0 Å². The van der Waals surface area contributed by atoms with Gasteiger partial charge < -0.3 is 10.0 Å². The quantitative estimate of drug-likeness (QED) is 0.857. The minimum atomic E-state index is -1.03. The molecule has 3 nitrogen and oxygen atoms in total. The largest absolute Gasteiger partial charge is 0.478 e. The van der Waals surface area contributed by atoms with Crippen LogP contribution in [0.25, 0.3) is 6.08 Å². The van der Waals surface area contributed by atoms with Gasteiger partial charge in [0.15, 0.2) is 0 Å². The van der Waals surface area contributed by atoms with Crippen LogP contribution < -0.4 is 4.90 Å². The maximum Gasteiger partial charge on any atom is 0.328 e. The summed E-state index contributed by atoms with van der Waals surface area (Å²) in [6.45, 7) is 6.01. The second-order valence-electron chi connectivity index (χ2n) is 5.59. The van der Waals surface area contributed by atoms with E-state index in [0.29, 0.717) is 23.1 Å². The van der Waals surface area contributed by atoms with Crippen molar-refractivity contribution in [3.05, 3.63) is 35.7 Å². The molecule has 1 aromatic carbocycles. The van der Waals surface area contributed by atoms with Gasteiger partial charge in [-0.25, -0.2) is 9.18 Å². The van der Waals surface area contributed by atoms with Crippen molar-refractivity contribution in [3.63, 3.8) is 0 Å². The number of hydrogen-bond acceptors (Lipinski definition) is 2. The van der Waals surface area contributed by atoms with E-state index < -0.39 is 5.97 Å². The number of nitrogens with zero attached hydrogens (tertiary/aromatic N) is 1. The number of anilines is 1. The number of carbonyl (C=O) groups is 1. The molecule has 1 saturated heterocycles. The van der Waals surface area contributed by atoms with Crippen molar-refractivity contribution < 1.29 is 14.3 Å². The molecule has 1 aliphatic rings. The molecule has 1 aliphatic heterocycles. The van der Waals surface area contributed by atoms with Gasteiger partial charge in [0.05, 0.1) is 5.69 Å². The number of rotatable bonds is 4. The lowest BCUT2D eigenvalue weighted by atomic mass is 9.95. The molecule has 0 aromatic heterocycles. The Bertz CT molecular complexity index is 525.